The molecule has 1 aromatic heterocycles. The first kappa shape index (κ1) is 17.8. The normalized spacial score (nSPS) is 20.3. The summed E-state index contributed by atoms with van der Waals surface area (Å²) in [4.78, 5) is 19.6. The van der Waals surface area contributed by atoms with Crippen LogP contribution in [0.15, 0.2) is 54.6 Å². The monoisotopic (exact) mass is 379 g/mol. The van der Waals surface area contributed by atoms with Gasteiger partial charge in [-0.3, -0.25) is 10.1 Å². The van der Waals surface area contributed by atoms with Crippen LogP contribution in [0.3, 0.4) is 0 Å². The predicted octanol–water partition coefficient (Wildman–Crippen LogP) is 5.60. The zero-order valence-electron chi connectivity index (χ0n) is 15.6. The van der Waals surface area contributed by atoms with E-state index in [0.29, 0.717) is 11.9 Å². The van der Waals surface area contributed by atoms with Gasteiger partial charge in [0.1, 0.15) is 0 Å². The van der Waals surface area contributed by atoms with Crippen LogP contribution in [0.4, 0.5) is 5.95 Å². The van der Waals surface area contributed by atoms with E-state index in [-0.39, 0.29) is 17.2 Å². The highest BCUT2D eigenvalue weighted by Crippen LogP contribution is 2.70. The number of nitrogens with one attached hydrogen (secondary N) is 2. The third kappa shape index (κ3) is 3.26. The largest absolute Gasteiger partial charge is 0.327 e. The summed E-state index contributed by atoms with van der Waals surface area (Å²) in [6.45, 7) is 6.01. The molecule has 27 heavy (non-hydrogen) atoms. The minimum atomic E-state index is -0.142. The second-order valence-electron chi connectivity index (χ2n) is 7.73. The molecule has 0 saturated heterocycles. The first-order chi connectivity index (χ1) is 12.9. The van der Waals surface area contributed by atoms with E-state index in [0.717, 1.165) is 22.0 Å². The number of carbonyl (C=O) groups is 1. The van der Waals surface area contributed by atoms with Gasteiger partial charge in [0.15, 0.2) is 0 Å². The molecule has 0 spiro atoms. The van der Waals surface area contributed by atoms with Gasteiger partial charge in [-0.05, 0) is 29.0 Å². The van der Waals surface area contributed by atoms with Gasteiger partial charge in [-0.1, -0.05) is 67.9 Å². The summed E-state index contributed by atoms with van der Waals surface area (Å²) < 4.78 is 0. The number of hydrogen-bond acceptors (Lipinski definition) is 2. The van der Waals surface area contributed by atoms with Gasteiger partial charge in [0.2, 0.25) is 11.9 Å². The summed E-state index contributed by atoms with van der Waals surface area (Å²) >= 11 is 6.22. The van der Waals surface area contributed by atoms with Crippen LogP contribution in [-0.2, 0) is 4.79 Å². The Labute approximate surface area is 164 Å². The van der Waals surface area contributed by atoms with Crippen LogP contribution in [0.5, 0.6) is 0 Å². The molecule has 4 rings (SSSR count). The Bertz CT molecular complexity index is 994. The van der Waals surface area contributed by atoms with Gasteiger partial charge in [0, 0.05) is 29.1 Å². The van der Waals surface area contributed by atoms with E-state index in [1.165, 1.54) is 12.5 Å². The van der Waals surface area contributed by atoms with Crippen molar-refractivity contribution in [2.75, 3.05) is 5.32 Å². The number of aromatic nitrogens is 2. The van der Waals surface area contributed by atoms with Gasteiger partial charge in [-0.15, -0.1) is 0 Å². The first-order valence-corrected chi connectivity index (χ1v) is 9.44. The third-order valence-corrected chi connectivity index (χ3v) is 5.65. The SMILES string of the molecule is CC(=O)Nc1nc(-c2ccccc2)c(C2C(c3cccc(Cl)c3)C2(C)C)[nH]1. The summed E-state index contributed by atoms with van der Waals surface area (Å²) in [5.74, 6) is 0.950. The average molecular weight is 380 g/mol. The van der Waals surface area contributed by atoms with Crippen LogP contribution in [-0.4, -0.2) is 15.9 Å². The number of halogens is 1. The number of nitrogens with zero attached hydrogens (tertiary/aromatic N) is 1. The minimum Gasteiger partial charge on any atom is -0.327 e. The number of anilines is 1. The minimum absolute atomic E-state index is 0.0637. The second kappa shape index (κ2) is 6.54. The smallest absolute Gasteiger partial charge is 0.223 e. The molecule has 2 N–H and O–H groups in total. The lowest BCUT2D eigenvalue weighted by atomic mass is 10.0. The van der Waals surface area contributed by atoms with Crippen LogP contribution in [0.1, 0.15) is 43.9 Å². The molecule has 2 aromatic carbocycles. The molecule has 1 aliphatic rings. The quantitative estimate of drug-likeness (QED) is 0.620. The Morgan fingerprint density at radius 3 is 2.52 bits per heavy atom. The van der Waals surface area contributed by atoms with Crippen molar-refractivity contribution in [3.05, 3.63) is 70.9 Å². The number of aromatic amines is 1. The molecular formula is C22H22ClN3O. The molecule has 1 amide bonds. The molecule has 0 bridgehead atoms. The summed E-state index contributed by atoms with van der Waals surface area (Å²) in [6.07, 6.45) is 0. The van der Waals surface area contributed by atoms with Crippen LogP contribution in [0, 0.1) is 5.41 Å². The van der Waals surface area contributed by atoms with Crippen LogP contribution in [0.25, 0.3) is 11.3 Å². The fourth-order valence-corrected chi connectivity index (χ4v) is 4.35. The predicted molar refractivity (Wildman–Crippen MR) is 109 cm³/mol. The van der Waals surface area contributed by atoms with Crippen molar-refractivity contribution >= 4 is 23.5 Å². The van der Waals surface area contributed by atoms with E-state index < -0.39 is 0 Å². The number of amides is 1. The lowest BCUT2D eigenvalue weighted by Crippen LogP contribution is -2.07. The summed E-state index contributed by atoms with van der Waals surface area (Å²) in [5.41, 5.74) is 4.27. The van der Waals surface area contributed by atoms with Gasteiger partial charge in [0.25, 0.3) is 0 Å². The fourth-order valence-electron chi connectivity index (χ4n) is 4.15. The Balaban J connectivity index is 1.78. The van der Waals surface area contributed by atoms with E-state index >= 15 is 0 Å². The lowest BCUT2D eigenvalue weighted by molar-refractivity contribution is -0.114. The van der Waals surface area contributed by atoms with E-state index in [1.807, 2.05) is 48.5 Å². The Kier molecular flexibility index (Phi) is 4.31. The highest BCUT2D eigenvalue weighted by Gasteiger charge is 2.60. The van der Waals surface area contributed by atoms with Gasteiger partial charge in [0.05, 0.1) is 5.69 Å². The first-order valence-electron chi connectivity index (χ1n) is 9.06. The van der Waals surface area contributed by atoms with Crippen molar-refractivity contribution in [2.45, 2.75) is 32.6 Å². The summed E-state index contributed by atoms with van der Waals surface area (Å²) in [5, 5.41) is 3.53. The van der Waals surface area contributed by atoms with E-state index in [1.54, 1.807) is 0 Å². The Morgan fingerprint density at radius 1 is 1.11 bits per heavy atom. The topological polar surface area (TPSA) is 57.8 Å². The van der Waals surface area contributed by atoms with E-state index in [2.05, 4.69) is 35.2 Å². The van der Waals surface area contributed by atoms with Gasteiger partial charge in [-0.25, -0.2) is 4.98 Å². The van der Waals surface area contributed by atoms with E-state index in [4.69, 9.17) is 11.6 Å². The van der Waals surface area contributed by atoms with Crippen molar-refractivity contribution in [3.63, 3.8) is 0 Å². The number of hydrogen-bond donors (Lipinski definition) is 2. The second-order valence-corrected chi connectivity index (χ2v) is 8.16. The molecule has 1 heterocycles. The number of rotatable bonds is 4. The standard InChI is InChI=1S/C22H22ClN3O/c1-13(27)24-21-25-19(14-8-5-4-6-9-14)20(26-21)18-17(22(18,2)3)15-10-7-11-16(23)12-15/h4-12,17-18H,1-3H3,(H2,24,25,26,27). The number of imidazole rings is 1. The van der Waals surface area contributed by atoms with Crippen LogP contribution < -0.4 is 5.32 Å². The molecule has 2 unspecified atom stereocenters. The Hall–Kier alpha value is -2.59. The summed E-state index contributed by atoms with van der Waals surface area (Å²) in [7, 11) is 0. The fraction of sp³-hybridized carbons (Fsp3) is 0.273. The van der Waals surface area contributed by atoms with Gasteiger partial charge < -0.3 is 4.98 Å². The molecule has 4 nitrogen and oxygen atoms in total. The van der Waals surface area contributed by atoms with Crippen molar-refractivity contribution < 1.29 is 4.79 Å². The van der Waals surface area contributed by atoms with E-state index in [9.17, 15) is 4.79 Å². The van der Waals surface area contributed by atoms with Crippen LogP contribution in [0.2, 0.25) is 5.02 Å². The molecule has 0 radical (unpaired) electrons. The lowest BCUT2D eigenvalue weighted by Gasteiger charge is -2.04. The van der Waals surface area contributed by atoms with Crippen molar-refractivity contribution in [2.24, 2.45) is 5.41 Å². The maximum absolute atomic E-state index is 11.5. The maximum Gasteiger partial charge on any atom is 0.223 e. The van der Waals surface area contributed by atoms with Crippen molar-refractivity contribution in [1.29, 1.82) is 0 Å². The molecule has 138 valence electrons. The molecule has 2 atom stereocenters. The average Bonchev–Trinajstić information content (AvgIpc) is 2.97. The molecular weight excluding hydrogens is 358 g/mol. The Morgan fingerprint density at radius 2 is 1.85 bits per heavy atom. The third-order valence-electron chi connectivity index (χ3n) is 5.42. The molecule has 1 fully saturated rings. The summed E-state index contributed by atoms with van der Waals surface area (Å²) in [6, 6.07) is 18.1. The van der Waals surface area contributed by atoms with Gasteiger partial charge >= 0.3 is 0 Å². The molecule has 5 heteroatoms. The maximum atomic E-state index is 11.5. The highest BCUT2D eigenvalue weighted by molar-refractivity contribution is 6.30. The molecule has 0 aliphatic heterocycles. The number of carbonyl (C=O) groups excluding carboxylic acids is 1. The zero-order chi connectivity index (χ0) is 19.2. The molecule has 1 saturated carbocycles. The van der Waals surface area contributed by atoms with Crippen molar-refractivity contribution in [3.8, 4) is 11.3 Å². The van der Waals surface area contributed by atoms with Crippen molar-refractivity contribution in [1.82, 2.24) is 9.97 Å². The molecule has 3 aromatic rings. The van der Waals surface area contributed by atoms with Gasteiger partial charge in [-0.2, -0.15) is 0 Å². The molecule has 1 aliphatic carbocycles. The zero-order valence-corrected chi connectivity index (χ0v) is 16.3. The number of H-pyrrole nitrogens is 1. The number of benzene rings is 2. The van der Waals surface area contributed by atoms with Crippen LogP contribution >= 0.6 is 11.6 Å². The highest BCUT2D eigenvalue weighted by atomic mass is 35.5.